The molecule has 0 radical (unpaired) electrons. The predicted molar refractivity (Wildman–Crippen MR) is 157 cm³/mol. The predicted octanol–water partition coefficient (Wildman–Crippen LogP) is 6.70. The molecule has 0 aromatic heterocycles. The van der Waals surface area contributed by atoms with Crippen molar-refractivity contribution in [2.24, 2.45) is 17.8 Å². The number of amides is 2. The summed E-state index contributed by atoms with van der Waals surface area (Å²) >= 11 is 0. The summed E-state index contributed by atoms with van der Waals surface area (Å²) in [6, 6.07) is 5.79. The molecule has 43 heavy (non-hydrogen) atoms. The topological polar surface area (TPSA) is 62.3 Å². The first-order valence-electron chi connectivity index (χ1n) is 16.0. The van der Waals surface area contributed by atoms with E-state index in [1.165, 1.54) is 0 Å². The van der Waals surface area contributed by atoms with Crippen LogP contribution in [0, 0.1) is 17.8 Å². The number of benzene rings is 1. The number of alkyl halides is 3. The lowest BCUT2D eigenvalue weighted by Gasteiger charge is -2.54. The van der Waals surface area contributed by atoms with Crippen LogP contribution in [0.2, 0.25) is 0 Å². The molecular weight excluding hydrogens is 559 g/mol. The highest BCUT2D eigenvalue weighted by atomic mass is 19.4. The molecule has 2 amide bonds. The van der Waals surface area contributed by atoms with E-state index in [9.17, 15) is 22.8 Å². The van der Waals surface area contributed by atoms with Gasteiger partial charge in [-0.05, 0) is 88.8 Å². The second-order valence-electron chi connectivity index (χ2n) is 14.5. The van der Waals surface area contributed by atoms with Gasteiger partial charge in [0.15, 0.2) is 0 Å². The molecule has 240 valence electrons. The highest BCUT2D eigenvalue weighted by Gasteiger charge is 2.59. The van der Waals surface area contributed by atoms with Crippen molar-refractivity contribution in [1.82, 2.24) is 14.7 Å². The van der Waals surface area contributed by atoms with Gasteiger partial charge in [0.05, 0.1) is 18.2 Å². The quantitative estimate of drug-likeness (QED) is 0.360. The van der Waals surface area contributed by atoms with Gasteiger partial charge < -0.3 is 19.3 Å². The van der Waals surface area contributed by atoms with Gasteiger partial charge in [-0.2, -0.15) is 13.2 Å². The second kappa shape index (κ2) is 12.2. The molecular formula is C33H48F3N3O4. The molecule has 4 fully saturated rings. The van der Waals surface area contributed by atoms with Gasteiger partial charge in [-0.25, -0.2) is 4.79 Å². The number of piperidine rings is 2. The maximum Gasteiger partial charge on any atom is 0.416 e. The first-order chi connectivity index (χ1) is 20.2. The largest absolute Gasteiger partial charge is 0.444 e. The van der Waals surface area contributed by atoms with Crippen LogP contribution in [0.3, 0.4) is 0 Å². The summed E-state index contributed by atoms with van der Waals surface area (Å²) in [4.78, 5) is 32.3. The first-order valence-corrected chi connectivity index (χ1v) is 16.0. The van der Waals surface area contributed by atoms with Gasteiger partial charge in [-0.15, -0.1) is 0 Å². The molecule has 4 aliphatic rings. The van der Waals surface area contributed by atoms with Crippen LogP contribution in [0.15, 0.2) is 24.3 Å². The summed E-state index contributed by atoms with van der Waals surface area (Å²) in [5.41, 5.74) is -0.916. The fourth-order valence-electron chi connectivity index (χ4n) is 7.76. The zero-order valence-corrected chi connectivity index (χ0v) is 26.3. The molecule has 1 aromatic rings. The zero-order valence-electron chi connectivity index (χ0n) is 26.3. The number of halogens is 3. The molecule has 0 N–H and O–H groups in total. The van der Waals surface area contributed by atoms with Gasteiger partial charge in [0, 0.05) is 44.6 Å². The Hall–Kier alpha value is -2.33. The zero-order chi connectivity index (χ0) is 31.2. The van der Waals surface area contributed by atoms with Gasteiger partial charge in [0.25, 0.3) is 0 Å². The van der Waals surface area contributed by atoms with Crippen molar-refractivity contribution in [2.45, 2.75) is 116 Å². The summed E-state index contributed by atoms with van der Waals surface area (Å²) in [6.07, 6.45) is 0.986. The molecule has 5 rings (SSSR count). The van der Waals surface area contributed by atoms with E-state index in [0.29, 0.717) is 38.6 Å². The lowest BCUT2D eigenvalue weighted by atomic mass is 9.72. The number of ether oxygens (including phenoxy) is 2. The van der Waals surface area contributed by atoms with Crippen LogP contribution in [0.25, 0.3) is 0 Å². The van der Waals surface area contributed by atoms with Crippen LogP contribution in [0.4, 0.5) is 18.0 Å². The third-order valence-electron chi connectivity index (χ3n) is 9.87. The Morgan fingerprint density at radius 2 is 1.86 bits per heavy atom. The number of rotatable bonds is 6. The molecule has 1 aliphatic carbocycles. The molecule has 0 unspecified atom stereocenters. The van der Waals surface area contributed by atoms with Gasteiger partial charge in [-0.1, -0.05) is 26.0 Å². The van der Waals surface area contributed by atoms with E-state index < -0.39 is 23.1 Å². The Morgan fingerprint density at radius 3 is 2.51 bits per heavy atom. The van der Waals surface area contributed by atoms with Crippen LogP contribution in [0.1, 0.15) is 90.7 Å². The Kier molecular flexibility index (Phi) is 9.12. The number of nitrogens with zero attached hydrogens (tertiary/aromatic N) is 3. The van der Waals surface area contributed by atoms with Crippen molar-refractivity contribution < 1.29 is 32.2 Å². The average molecular weight is 608 g/mol. The molecule has 10 heteroatoms. The van der Waals surface area contributed by atoms with Crippen LogP contribution in [-0.4, -0.2) is 76.4 Å². The molecule has 3 aliphatic heterocycles. The Labute approximate surface area is 254 Å². The third-order valence-corrected chi connectivity index (χ3v) is 9.87. The van der Waals surface area contributed by atoms with E-state index in [-0.39, 0.29) is 35.9 Å². The molecule has 3 heterocycles. The SMILES string of the molecule is CC(C)[C@H]1CO[C@]23CC[C@H](N(Cc4ccc(C(F)(F)F)cc4)C[C@@H]4CCCN(C(=O)OC(C)(C)C)C4)C[C@H]2CCC(=O)N13. The van der Waals surface area contributed by atoms with Gasteiger partial charge in [0.1, 0.15) is 11.3 Å². The van der Waals surface area contributed by atoms with Crippen molar-refractivity contribution in [3.05, 3.63) is 35.4 Å². The Bertz CT molecular complexity index is 1150. The maximum absolute atomic E-state index is 13.3. The Balaban J connectivity index is 1.34. The van der Waals surface area contributed by atoms with E-state index in [1.54, 1.807) is 17.0 Å². The van der Waals surface area contributed by atoms with E-state index in [0.717, 1.165) is 62.8 Å². The van der Waals surface area contributed by atoms with Crippen molar-refractivity contribution in [3.8, 4) is 0 Å². The van der Waals surface area contributed by atoms with Crippen molar-refractivity contribution in [2.75, 3.05) is 26.2 Å². The summed E-state index contributed by atoms with van der Waals surface area (Å²) < 4.78 is 52.0. The molecule has 1 aromatic carbocycles. The van der Waals surface area contributed by atoms with Gasteiger partial charge >= 0.3 is 12.3 Å². The minimum Gasteiger partial charge on any atom is -0.444 e. The minimum absolute atomic E-state index is 0.0937. The number of hydrogen-bond acceptors (Lipinski definition) is 5. The number of likely N-dealkylation sites (tertiary alicyclic amines) is 1. The number of carbonyl (C=O) groups excluding carboxylic acids is 2. The van der Waals surface area contributed by atoms with Crippen molar-refractivity contribution in [3.63, 3.8) is 0 Å². The summed E-state index contributed by atoms with van der Waals surface area (Å²) in [6.45, 7) is 13.0. The minimum atomic E-state index is -4.37. The normalized spacial score (nSPS) is 30.0. The van der Waals surface area contributed by atoms with Crippen LogP contribution < -0.4 is 0 Å². The highest BCUT2D eigenvalue weighted by molar-refractivity contribution is 5.78. The maximum atomic E-state index is 13.3. The standard InChI is InChI=1S/C33H48F3N3O4/c1-22(2)28-21-42-32-15-14-27(17-26(32)12-13-29(40)39(28)32)38(18-23-8-10-25(11-9-23)33(34,35)36)20-24-7-6-16-37(19-24)30(41)43-31(3,4)5/h8-11,22,24,26-28H,6-7,12-21H2,1-5H3/t24-,26-,27+,28-,32-/m1/s1. The Morgan fingerprint density at radius 1 is 1.14 bits per heavy atom. The molecule has 1 saturated carbocycles. The lowest BCUT2D eigenvalue weighted by molar-refractivity contribution is -0.192. The van der Waals surface area contributed by atoms with E-state index >= 15 is 0 Å². The van der Waals surface area contributed by atoms with Crippen LogP contribution in [0.5, 0.6) is 0 Å². The monoisotopic (exact) mass is 607 g/mol. The van der Waals surface area contributed by atoms with E-state index in [2.05, 4.69) is 23.6 Å². The van der Waals surface area contributed by atoms with Gasteiger partial charge in [0.2, 0.25) is 5.91 Å². The highest BCUT2D eigenvalue weighted by Crippen LogP contribution is 2.51. The van der Waals surface area contributed by atoms with E-state index in [4.69, 9.17) is 9.47 Å². The molecule has 7 nitrogen and oxygen atoms in total. The fraction of sp³-hybridized carbons (Fsp3) is 0.758. The molecule has 3 saturated heterocycles. The third kappa shape index (κ3) is 7.00. The van der Waals surface area contributed by atoms with Crippen molar-refractivity contribution >= 4 is 12.0 Å². The second-order valence-corrected chi connectivity index (χ2v) is 14.5. The smallest absolute Gasteiger partial charge is 0.416 e. The van der Waals surface area contributed by atoms with E-state index in [1.807, 2.05) is 20.8 Å². The van der Waals surface area contributed by atoms with Crippen molar-refractivity contribution in [1.29, 1.82) is 0 Å². The first kappa shape index (κ1) is 32.1. The summed E-state index contributed by atoms with van der Waals surface area (Å²) in [5.74, 6) is 0.948. The number of carbonyl (C=O) groups is 2. The molecule has 5 atom stereocenters. The summed E-state index contributed by atoms with van der Waals surface area (Å²) in [5, 5.41) is 0. The van der Waals surface area contributed by atoms with Crippen LogP contribution in [-0.2, 0) is 27.0 Å². The van der Waals surface area contributed by atoms with Gasteiger partial charge in [-0.3, -0.25) is 9.69 Å². The fourth-order valence-corrected chi connectivity index (χ4v) is 7.76. The summed E-state index contributed by atoms with van der Waals surface area (Å²) in [7, 11) is 0. The average Bonchev–Trinajstić information content (AvgIpc) is 3.33. The molecule has 1 spiro atoms. The lowest BCUT2D eigenvalue weighted by Crippen LogP contribution is -2.63. The van der Waals surface area contributed by atoms with Crippen LogP contribution >= 0.6 is 0 Å². The molecule has 0 bridgehead atoms. The number of hydrogen-bond donors (Lipinski definition) is 0.